The minimum absolute atomic E-state index is 0.0369. The lowest BCUT2D eigenvalue weighted by Crippen LogP contribution is -2.57. The summed E-state index contributed by atoms with van der Waals surface area (Å²) in [6, 6.07) is 2.74. The van der Waals surface area contributed by atoms with Crippen molar-refractivity contribution < 1.29 is 37.8 Å². The fourth-order valence-electron chi connectivity index (χ4n) is 2.95. The third-order valence-electron chi connectivity index (χ3n) is 4.36. The van der Waals surface area contributed by atoms with Crippen LogP contribution in [0.5, 0.6) is 0 Å². The summed E-state index contributed by atoms with van der Waals surface area (Å²) in [4.78, 5) is 60.9. The van der Waals surface area contributed by atoms with Gasteiger partial charge in [-0.25, -0.2) is 4.39 Å². The van der Waals surface area contributed by atoms with Crippen LogP contribution in [0.4, 0.5) is 4.39 Å². The van der Waals surface area contributed by atoms with Crippen LogP contribution in [0, 0.1) is 11.7 Å². The first-order chi connectivity index (χ1) is 15.1. The Labute approximate surface area is 185 Å². The molecule has 11 heteroatoms. The van der Waals surface area contributed by atoms with E-state index in [9.17, 15) is 28.4 Å². The molecule has 0 saturated heterocycles. The molecule has 4 N–H and O–H groups in total. The van der Waals surface area contributed by atoms with E-state index < -0.39 is 59.9 Å². The Morgan fingerprint density at radius 1 is 1.03 bits per heavy atom. The fourth-order valence-corrected chi connectivity index (χ4v) is 2.95. The van der Waals surface area contributed by atoms with Gasteiger partial charge in [0.1, 0.15) is 17.9 Å². The number of hydrogen-bond donors (Lipinski definition) is 3. The van der Waals surface area contributed by atoms with E-state index in [2.05, 4.69) is 10.6 Å². The third kappa shape index (κ3) is 8.32. The van der Waals surface area contributed by atoms with E-state index in [0.717, 1.165) is 6.92 Å². The maximum absolute atomic E-state index is 14.0. The first-order valence-electron chi connectivity index (χ1n) is 10.0. The molecule has 0 aliphatic carbocycles. The summed E-state index contributed by atoms with van der Waals surface area (Å²) in [6.07, 6.45) is -0.801. The highest BCUT2D eigenvalue weighted by Gasteiger charge is 2.38. The van der Waals surface area contributed by atoms with Gasteiger partial charge >= 0.3 is 11.9 Å². The van der Waals surface area contributed by atoms with Crippen LogP contribution in [0.1, 0.15) is 32.8 Å². The number of rotatable bonds is 12. The minimum atomic E-state index is -1.64. The maximum Gasteiger partial charge on any atom is 0.312 e. The van der Waals surface area contributed by atoms with Crippen molar-refractivity contribution in [1.82, 2.24) is 10.6 Å². The number of hydrogen-bond acceptors (Lipinski definition) is 7. The summed E-state index contributed by atoms with van der Waals surface area (Å²) in [5.41, 5.74) is 5.53. The van der Waals surface area contributed by atoms with E-state index in [1.807, 2.05) is 0 Å². The first-order valence-corrected chi connectivity index (χ1v) is 10.0. The van der Waals surface area contributed by atoms with Gasteiger partial charge in [-0.2, -0.15) is 0 Å². The van der Waals surface area contributed by atoms with Gasteiger partial charge in [-0.1, -0.05) is 18.2 Å². The zero-order valence-corrected chi connectivity index (χ0v) is 18.2. The smallest absolute Gasteiger partial charge is 0.312 e. The molecular weight excluding hydrogens is 425 g/mol. The van der Waals surface area contributed by atoms with E-state index in [1.165, 1.54) is 25.1 Å². The molecule has 176 valence electrons. The molecule has 0 fully saturated rings. The summed E-state index contributed by atoms with van der Waals surface area (Å²) in [6.45, 7) is 4.24. The SMILES string of the molecule is CCOC(=O)C[C@@H](C(=O)OCC)[C@@H](NC(=O)[C@H](Cc1ccccc1F)NC(C)=O)C(N)=O. The van der Waals surface area contributed by atoms with Crippen molar-refractivity contribution in [1.29, 1.82) is 0 Å². The summed E-state index contributed by atoms with van der Waals surface area (Å²) < 4.78 is 23.8. The van der Waals surface area contributed by atoms with Crippen molar-refractivity contribution in [2.45, 2.75) is 45.7 Å². The molecule has 3 amide bonds. The maximum atomic E-state index is 14.0. The Morgan fingerprint density at radius 3 is 2.19 bits per heavy atom. The predicted molar refractivity (Wildman–Crippen MR) is 110 cm³/mol. The Hall–Kier alpha value is -3.50. The van der Waals surface area contributed by atoms with Gasteiger partial charge in [-0.05, 0) is 25.5 Å². The molecule has 0 radical (unpaired) electrons. The average Bonchev–Trinajstić information content (AvgIpc) is 2.71. The number of ether oxygens (including phenoxy) is 2. The number of carbonyl (C=O) groups excluding carboxylic acids is 5. The lowest BCUT2D eigenvalue weighted by atomic mass is 9.94. The topological polar surface area (TPSA) is 154 Å². The molecule has 1 rings (SSSR count). The van der Waals surface area contributed by atoms with Gasteiger partial charge in [-0.15, -0.1) is 0 Å². The molecule has 0 aliphatic rings. The predicted octanol–water partition coefficient (Wildman–Crippen LogP) is -0.0245. The van der Waals surface area contributed by atoms with Crippen LogP contribution in [-0.4, -0.2) is 55.0 Å². The highest BCUT2D eigenvalue weighted by molar-refractivity contribution is 5.95. The number of primary amides is 1. The summed E-state index contributed by atoms with van der Waals surface area (Å²) in [5.74, 6) is -6.36. The van der Waals surface area contributed by atoms with E-state index >= 15 is 0 Å². The Morgan fingerprint density at radius 2 is 1.66 bits per heavy atom. The van der Waals surface area contributed by atoms with E-state index in [-0.39, 0.29) is 25.2 Å². The van der Waals surface area contributed by atoms with Crippen molar-refractivity contribution >= 4 is 29.7 Å². The van der Waals surface area contributed by atoms with Gasteiger partial charge < -0.3 is 25.8 Å². The third-order valence-corrected chi connectivity index (χ3v) is 4.36. The normalized spacial score (nSPS) is 13.2. The second-order valence-electron chi connectivity index (χ2n) is 6.80. The van der Waals surface area contributed by atoms with Crippen LogP contribution in [0.25, 0.3) is 0 Å². The largest absolute Gasteiger partial charge is 0.466 e. The second-order valence-corrected chi connectivity index (χ2v) is 6.80. The highest BCUT2D eigenvalue weighted by atomic mass is 19.1. The molecular formula is C21H28FN3O7. The van der Waals surface area contributed by atoms with Crippen LogP contribution in [-0.2, 0) is 39.9 Å². The molecule has 10 nitrogen and oxygen atoms in total. The van der Waals surface area contributed by atoms with Crippen molar-refractivity contribution in [2.24, 2.45) is 11.7 Å². The number of nitrogens with two attached hydrogens (primary N) is 1. The van der Waals surface area contributed by atoms with Crippen molar-refractivity contribution in [2.75, 3.05) is 13.2 Å². The van der Waals surface area contributed by atoms with Crippen LogP contribution >= 0.6 is 0 Å². The number of nitrogens with one attached hydrogen (secondary N) is 2. The molecule has 0 saturated carbocycles. The Bertz CT molecular complexity index is 846. The second kappa shape index (κ2) is 13.0. The van der Waals surface area contributed by atoms with Gasteiger partial charge in [0.25, 0.3) is 0 Å². The highest BCUT2D eigenvalue weighted by Crippen LogP contribution is 2.15. The van der Waals surface area contributed by atoms with Gasteiger partial charge in [0, 0.05) is 13.3 Å². The van der Waals surface area contributed by atoms with Crippen LogP contribution in [0.2, 0.25) is 0 Å². The quantitative estimate of drug-likeness (QED) is 0.376. The fraction of sp³-hybridized carbons (Fsp3) is 0.476. The average molecular weight is 453 g/mol. The van der Waals surface area contributed by atoms with Gasteiger partial charge in [0.15, 0.2) is 0 Å². The summed E-state index contributed by atoms with van der Waals surface area (Å²) in [5, 5.41) is 4.67. The molecule has 0 aliphatic heterocycles. The lowest BCUT2D eigenvalue weighted by Gasteiger charge is -2.26. The van der Waals surface area contributed by atoms with Crippen LogP contribution in [0.15, 0.2) is 24.3 Å². The minimum Gasteiger partial charge on any atom is -0.466 e. The van der Waals surface area contributed by atoms with E-state index in [4.69, 9.17) is 15.2 Å². The molecule has 1 aromatic rings. The Kier molecular flexibility index (Phi) is 10.8. The van der Waals surface area contributed by atoms with Crippen molar-refractivity contribution in [3.63, 3.8) is 0 Å². The zero-order chi connectivity index (χ0) is 24.3. The standard InChI is InChI=1S/C21H28FN3O7/c1-4-31-17(27)11-14(21(30)32-5-2)18(19(23)28)25-20(29)16(24-12(3)26)10-13-8-6-7-9-15(13)22/h6-9,14,16,18H,4-5,10-11H2,1-3H3,(H2,23,28)(H,24,26)(H,25,29)/t14-,16+,18-/m1/s1. The molecule has 3 atom stereocenters. The molecule has 0 bridgehead atoms. The first kappa shape index (κ1) is 26.5. The molecule has 0 aromatic heterocycles. The molecule has 32 heavy (non-hydrogen) atoms. The number of benzene rings is 1. The molecule has 0 heterocycles. The van der Waals surface area contributed by atoms with Crippen LogP contribution < -0.4 is 16.4 Å². The zero-order valence-electron chi connectivity index (χ0n) is 18.2. The number of halogens is 1. The Balaban J connectivity index is 3.16. The summed E-state index contributed by atoms with van der Waals surface area (Å²) in [7, 11) is 0. The monoisotopic (exact) mass is 453 g/mol. The molecule has 0 spiro atoms. The summed E-state index contributed by atoms with van der Waals surface area (Å²) >= 11 is 0. The van der Waals surface area contributed by atoms with Gasteiger partial charge in [0.05, 0.1) is 25.6 Å². The van der Waals surface area contributed by atoms with E-state index in [1.54, 1.807) is 13.0 Å². The van der Waals surface area contributed by atoms with Crippen molar-refractivity contribution in [3.05, 3.63) is 35.6 Å². The lowest BCUT2D eigenvalue weighted by molar-refractivity contribution is -0.157. The number of esters is 2. The number of carbonyl (C=O) groups is 5. The van der Waals surface area contributed by atoms with E-state index in [0.29, 0.717) is 0 Å². The van der Waals surface area contributed by atoms with Crippen molar-refractivity contribution in [3.8, 4) is 0 Å². The number of amides is 3. The van der Waals surface area contributed by atoms with Crippen LogP contribution in [0.3, 0.4) is 0 Å². The molecule has 0 unspecified atom stereocenters. The molecule has 1 aromatic carbocycles. The van der Waals surface area contributed by atoms with Gasteiger partial charge in [0.2, 0.25) is 17.7 Å². The van der Waals surface area contributed by atoms with Gasteiger partial charge in [-0.3, -0.25) is 24.0 Å².